The Morgan fingerprint density at radius 2 is 2.07 bits per heavy atom. The Balaban J connectivity index is 1.63. The van der Waals surface area contributed by atoms with E-state index in [1.165, 1.54) is 0 Å². The molecule has 0 saturated carbocycles. The number of rotatable bonds is 4. The van der Waals surface area contributed by atoms with E-state index in [4.69, 9.17) is 0 Å². The van der Waals surface area contributed by atoms with Crippen LogP contribution in [0.25, 0.3) is 5.69 Å². The van der Waals surface area contributed by atoms with Crippen molar-refractivity contribution in [2.24, 2.45) is 0 Å². The van der Waals surface area contributed by atoms with E-state index < -0.39 is 5.97 Å². The first kappa shape index (κ1) is 17.3. The summed E-state index contributed by atoms with van der Waals surface area (Å²) in [6.07, 6.45) is 4.30. The molecule has 27 heavy (non-hydrogen) atoms. The average Bonchev–Trinajstić information content (AvgIpc) is 3.25. The van der Waals surface area contributed by atoms with E-state index in [1.54, 1.807) is 12.4 Å². The fourth-order valence-electron chi connectivity index (χ4n) is 3.57. The van der Waals surface area contributed by atoms with Gasteiger partial charge in [-0.15, -0.1) is 0 Å². The van der Waals surface area contributed by atoms with E-state index >= 15 is 0 Å². The summed E-state index contributed by atoms with van der Waals surface area (Å²) < 4.78 is 3.67. The normalized spacial score (nSPS) is 13.9. The molecule has 140 valence electrons. The number of carboxylic acid groups (broad SMARTS) is 1. The number of hydrogen-bond acceptors (Lipinski definition) is 5. The molecule has 8 nitrogen and oxygen atoms in total. The Labute approximate surface area is 157 Å². The van der Waals surface area contributed by atoms with Crippen molar-refractivity contribution in [2.75, 3.05) is 11.4 Å². The molecule has 1 aliphatic rings. The summed E-state index contributed by atoms with van der Waals surface area (Å²) in [7, 11) is 0. The standard InChI is InChI=1S/C19H22N6O2/c1-12(2)24-16-7-9-23(11-15(16)18(22-24)19(26)27)17-5-4-14(10-20-17)25-13(3)6-8-21-25/h4-6,8,10,12H,7,9,11H2,1-3H3,(H,26,27). The van der Waals surface area contributed by atoms with Gasteiger partial charge in [-0.3, -0.25) is 4.68 Å². The van der Waals surface area contributed by atoms with E-state index in [9.17, 15) is 9.90 Å². The van der Waals surface area contributed by atoms with Crippen molar-refractivity contribution in [1.29, 1.82) is 0 Å². The number of carbonyl (C=O) groups is 1. The van der Waals surface area contributed by atoms with Gasteiger partial charge < -0.3 is 10.0 Å². The first-order valence-corrected chi connectivity index (χ1v) is 9.01. The number of pyridine rings is 1. The second kappa shape index (κ2) is 6.53. The molecule has 0 amide bonds. The van der Waals surface area contributed by atoms with E-state index in [2.05, 4.69) is 20.1 Å². The molecule has 0 saturated heterocycles. The first-order valence-electron chi connectivity index (χ1n) is 9.01. The zero-order valence-electron chi connectivity index (χ0n) is 15.6. The molecule has 1 aliphatic heterocycles. The van der Waals surface area contributed by atoms with Gasteiger partial charge in [0, 0.05) is 48.7 Å². The molecule has 3 aromatic rings. The Morgan fingerprint density at radius 3 is 2.67 bits per heavy atom. The van der Waals surface area contributed by atoms with Crippen LogP contribution in [0.4, 0.5) is 5.82 Å². The van der Waals surface area contributed by atoms with Gasteiger partial charge in [-0.05, 0) is 39.0 Å². The predicted octanol–water partition coefficient (Wildman–Crippen LogP) is 2.61. The van der Waals surface area contributed by atoms with Gasteiger partial charge in [0.2, 0.25) is 0 Å². The van der Waals surface area contributed by atoms with Crippen molar-refractivity contribution in [3.63, 3.8) is 0 Å². The number of aromatic nitrogens is 5. The summed E-state index contributed by atoms with van der Waals surface area (Å²) in [4.78, 5) is 18.3. The van der Waals surface area contributed by atoms with E-state index in [0.717, 1.165) is 41.4 Å². The largest absolute Gasteiger partial charge is 0.476 e. The van der Waals surface area contributed by atoms with Crippen LogP contribution in [-0.4, -0.2) is 42.2 Å². The van der Waals surface area contributed by atoms with Crippen molar-refractivity contribution >= 4 is 11.8 Å². The van der Waals surface area contributed by atoms with Gasteiger partial charge in [-0.25, -0.2) is 14.5 Å². The molecule has 0 aliphatic carbocycles. The fraction of sp³-hybridized carbons (Fsp3) is 0.368. The van der Waals surface area contributed by atoms with Crippen LogP contribution < -0.4 is 4.90 Å². The Kier molecular flexibility index (Phi) is 4.18. The third-order valence-corrected chi connectivity index (χ3v) is 4.91. The SMILES string of the molecule is Cc1ccnn1-c1ccc(N2CCc3c(c(C(=O)O)nn3C(C)C)C2)nc1. The molecule has 0 spiro atoms. The fourth-order valence-corrected chi connectivity index (χ4v) is 3.57. The smallest absolute Gasteiger partial charge is 0.356 e. The molecule has 0 atom stereocenters. The number of hydrogen-bond donors (Lipinski definition) is 1. The Hall–Kier alpha value is -3.16. The van der Waals surface area contributed by atoms with Crippen molar-refractivity contribution in [2.45, 2.75) is 39.8 Å². The molecule has 0 aromatic carbocycles. The number of aromatic carboxylic acids is 1. The van der Waals surface area contributed by atoms with Crippen LogP contribution >= 0.6 is 0 Å². The summed E-state index contributed by atoms with van der Waals surface area (Å²) in [5, 5.41) is 18.2. The highest BCUT2D eigenvalue weighted by molar-refractivity contribution is 5.87. The zero-order valence-corrected chi connectivity index (χ0v) is 15.6. The lowest BCUT2D eigenvalue weighted by Crippen LogP contribution is -2.32. The topological polar surface area (TPSA) is 89.1 Å². The maximum absolute atomic E-state index is 11.6. The molecule has 4 rings (SSSR count). The van der Waals surface area contributed by atoms with E-state index in [1.807, 2.05) is 48.3 Å². The second-order valence-electron chi connectivity index (χ2n) is 7.05. The van der Waals surface area contributed by atoms with Crippen LogP contribution in [-0.2, 0) is 13.0 Å². The molecule has 3 aromatic heterocycles. The maximum atomic E-state index is 11.6. The third-order valence-electron chi connectivity index (χ3n) is 4.91. The maximum Gasteiger partial charge on any atom is 0.356 e. The van der Waals surface area contributed by atoms with Crippen LogP contribution in [0.5, 0.6) is 0 Å². The zero-order chi connectivity index (χ0) is 19.1. The van der Waals surface area contributed by atoms with Gasteiger partial charge in [0.15, 0.2) is 5.69 Å². The molecular weight excluding hydrogens is 344 g/mol. The lowest BCUT2D eigenvalue weighted by molar-refractivity contribution is 0.0688. The minimum Gasteiger partial charge on any atom is -0.476 e. The summed E-state index contributed by atoms with van der Waals surface area (Å²) in [6.45, 7) is 7.30. The van der Waals surface area contributed by atoms with Crippen molar-refractivity contribution < 1.29 is 9.90 Å². The Morgan fingerprint density at radius 1 is 1.26 bits per heavy atom. The second-order valence-corrected chi connectivity index (χ2v) is 7.05. The minimum atomic E-state index is -0.982. The highest BCUT2D eigenvalue weighted by atomic mass is 16.4. The summed E-state index contributed by atoms with van der Waals surface area (Å²) in [5.41, 5.74) is 3.89. The summed E-state index contributed by atoms with van der Waals surface area (Å²) in [6, 6.07) is 6.01. The quantitative estimate of drug-likeness (QED) is 0.763. The molecule has 8 heteroatoms. The number of carboxylic acids is 1. The Bertz CT molecular complexity index is 986. The highest BCUT2D eigenvalue weighted by Gasteiger charge is 2.29. The van der Waals surface area contributed by atoms with Gasteiger partial charge in [0.1, 0.15) is 5.82 Å². The summed E-state index contributed by atoms with van der Waals surface area (Å²) in [5.74, 6) is -0.159. The van der Waals surface area contributed by atoms with Crippen LogP contribution in [0.1, 0.15) is 47.3 Å². The van der Waals surface area contributed by atoms with Gasteiger partial charge in [0.05, 0.1) is 11.9 Å². The minimum absolute atomic E-state index is 0.133. The van der Waals surface area contributed by atoms with Crippen molar-refractivity contribution in [1.82, 2.24) is 24.5 Å². The molecule has 0 radical (unpaired) electrons. The van der Waals surface area contributed by atoms with Crippen LogP contribution in [0.2, 0.25) is 0 Å². The van der Waals surface area contributed by atoms with E-state index in [-0.39, 0.29) is 11.7 Å². The monoisotopic (exact) mass is 366 g/mol. The first-order chi connectivity index (χ1) is 13.0. The van der Waals surface area contributed by atoms with E-state index in [0.29, 0.717) is 6.54 Å². The predicted molar refractivity (Wildman–Crippen MR) is 100 cm³/mol. The van der Waals surface area contributed by atoms with Crippen LogP contribution in [0.15, 0.2) is 30.6 Å². The molecular formula is C19H22N6O2. The van der Waals surface area contributed by atoms with Gasteiger partial charge in [0.25, 0.3) is 0 Å². The van der Waals surface area contributed by atoms with Gasteiger partial charge in [-0.1, -0.05) is 0 Å². The van der Waals surface area contributed by atoms with Crippen molar-refractivity contribution in [3.05, 3.63) is 53.2 Å². The molecule has 0 bridgehead atoms. The number of fused-ring (bicyclic) bond motifs is 1. The average molecular weight is 366 g/mol. The lowest BCUT2D eigenvalue weighted by atomic mass is 10.0. The van der Waals surface area contributed by atoms with Gasteiger partial charge in [-0.2, -0.15) is 10.2 Å². The third kappa shape index (κ3) is 2.97. The number of anilines is 1. The van der Waals surface area contributed by atoms with Gasteiger partial charge >= 0.3 is 5.97 Å². The molecule has 4 heterocycles. The lowest BCUT2D eigenvalue weighted by Gasteiger charge is -2.29. The van der Waals surface area contributed by atoms with Crippen LogP contribution in [0, 0.1) is 6.92 Å². The highest BCUT2D eigenvalue weighted by Crippen LogP contribution is 2.28. The summed E-state index contributed by atoms with van der Waals surface area (Å²) >= 11 is 0. The van der Waals surface area contributed by atoms with Crippen LogP contribution in [0.3, 0.4) is 0 Å². The van der Waals surface area contributed by atoms with Crippen molar-refractivity contribution in [3.8, 4) is 5.69 Å². The number of aryl methyl sites for hydroxylation is 1. The molecule has 0 unspecified atom stereocenters. The molecule has 1 N–H and O–H groups in total. The number of nitrogens with zero attached hydrogens (tertiary/aromatic N) is 6. The molecule has 0 fully saturated rings.